The average Bonchev–Trinajstić information content (AvgIpc) is 2.68. The summed E-state index contributed by atoms with van der Waals surface area (Å²) in [6.45, 7) is -0.170. The molecular formula is C12H10FNO3S. The minimum Gasteiger partial charge on any atom is -0.454 e. The number of hydrogen-bond donors (Lipinski definition) is 1. The highest BCUT2D eigenvalue weighted by atomic mass is 32.2. The monoisotopic (exact) mass is 267 g/mol. The van der Waals surface area contributed by atoms with Gasteiger partial charge in [-0.25, -0.2) is 9.18 Å². The summed E-state index contributed by atoms with van der Waals surface area (Å²) < 4.78 is 17.2. The first-order valence-electron chi connectivity index (χ1n) is 5.18. The molecule has 0 radical (unpaired) electrons. The zero-order valence-corrected chi connectivity index (χ0v) is 10.1. The molecule has 6 heteroatoms. The van der Waals surface area contributed by atoms with Gasteiger partial charge >= 0.3 is 5.97 Å². The Labute approximate surface area is 107 Å². The van der Waals surface area contributed by atoms with Gasteiger partial charge in [-0.1, -0.05) is 0 Å². The fourth-order valence-electron chi connectivity index (χ4n) is 1.33. The lowest BCUT2D eigenvalue weighted by molar-refractivity contribution is -0.135. The Morgan fingerprint density at radius 3 is 2.67 bits per heavy atom. The molecule has 18 heavy (non-hydrogen) atoms. The Bertz CT molecular complexity index is 481. The van der Waals surface area contributed by atoms with Crippen molar-refractivity contribution in [1.82, 2.24) is 0 Å². The molecule has 4 nitrogen and oxygen atoms in total. The predicted molar refractivity (Wildman–Crippen MR) is 66.5 cm³/mol. The summed E-state index contributed by atoms with van der Waals surface area (Å²) in [5.74, 6) is -0.700. The highest BCUT2D eigenvalue weighted by molar-refractivity contribution is 8.02. The van der Waals surface area contributed by atoms with E-state index in [1.165, 1.54) is 29.3 Å². The highest BCUT2D eigenvalue weighted by Gasteiger charge is 2.27. The highest BCUT2D eigenvalue weighted by Crippen LogP contribution is 2.16. The number of carbonyl (C=O) groups is 2. The number of carbonyl (C=O) groups excluding carboxylic acids is 2. The lowest BCUT2D eigenvalue weighted by Crippen LogP contribution is -2.01. The van der Waals surface area contributed by atoms with E-state index in [1.54, 1.807) is 12.1 Å². The number of hydrogen-bond acceptors (Lipinski definition) is 5. The summed E-state index contributed by atoms with van der Waals surface area (Å²) >= 11 is 1.27. The number of Topliss-reactive ketones (excluding diaryl/α,β-unsaturated/α-hetero) is 1. The van der Waals surface area contributed by atoms with Crippen molar-refractivity contribution in [3.63, 3.8) is 0 Å². The molecule has 0 saturated carbocycles. The molecule has 1 aromatic rings. The second-order valence-corrected chi connectivity index (χ2v) is 4.38. The molecular weight excluding hydrogens is 257 g/mol. The van der Waals surface area contributed by atoms with Crippen LogP contribution < -0.4 is 5.32 Å². The molecule has 0 aromatic heterocycles. The summed E-state index contributed by atoms with van der Waals surface area (Å²) in [4.78, 5) is 22.3. The quantitative estimate of drug-likeness (QED) is 0.297. The van der Waals surface area contributed by atoms with Gasteiger partial charge in [0.2, 0.25) is 5.78 Å². The van der Waals surface area contributed by atoms with Crippen molar-refractivity contribution in [2.75, 3.05) is 17.8 Å². The van der Waals surface area contributed by atoms with Crippen molar-refractivity contribution in [2.45, 2.75) is 0 Å². The Hall–Kier alpha value is -1.82. The molecule has 0 spiro atoms. The molecule has 0 unspecified atom stereocenters. The predicted octanol–water partition coefficient (Wildman–Crippen LogP) is 1.94. The van der Waals surface area contributed by atoms with Crippen LogP contribution in [-0.4, -0.2) is 24.2 Å². The van der Waals surface area contributed by atoms with Crippen LogP contribution in [0.1, 0.15) is 0 Å². The zero-order valence-electron chi connectivity index (χ0n) is 9.31. The summed E-state index contributed by atoms with van der Waals surface area (Å²) in [6, 6.07) is 5.92. The van der Waals surface area contributed by atoms with E-state index in [2.05, 4.69) is 10.1 Å². The van der Waals surface area contributed by atoms with Gasteiger partial charge in [-0.05, 0) is 29.7 Å². The second kappa shape index (κ2) is 5.68. The maximum Gasteiger partial charge on any atom is 0.342 e. The number of ketones is 1. The molecule has 1 N–H and O–H groups in total. The number of thioether (sulfide) groups is 1. The minimum absolute atomic E-state index is 0.0842. The molecule has 94 valence electrons. The number of anilines is 1. The van der Waals surface area contributed by atoms with Crippen LogP contribution in [0.15, 0.2) is 35.2 Å². The van der Waals surface area contributed by atoms with Crippen LogP contribution in [0.25, 0.3) is 0 Å². The van der Waals surface area contributed by atoms with Gasteiger partial charge in [-0.3, -0.25) is 4.79 Å². The molecule has 2 rings (SSSR count). The average molecular weight is 267 g/mol. The first-order chi connectivity index (χ1) is 8.66. The zero-order chi connectivity index (χ0) is 13.0. The lowest BCUT2D eigenvalue weighted by Gasteiger charge is -2.03. The van der Waals surface area contributed by atoms with Crippen molar-refractivity contribution in [3.05, 3.63) is 41.1 Å². The SMILES string of the molecule is O=C1COC(=O)C1=CSCNc1ccc(F)cc1. The van der Waals surface area contributed by atoms with E-state index in [0.29, 0.717) is 5.88 Å². The van der Waals surface area contributed by atoms with Crippen LogP contribution >= 0.6 is 11.8 Å². The molecule has 1 saturated heterocycles. The van der Waals surface area contributed by atoms with Crippen molar-refractivity contribution >= 4 is 29.2 Å². The molecule has 1 heterocycles. The van der Waals surface area contributed by atoms with Gasteiger partial charge in [-0.2, -0.15) is 0 Å². The Morgan fingerprint density at radius 2 is 2.06 bits per heavy atom. The molecule has 1 fully saturated rings. The van der Waals surface area contributed by atoms with E-state index in [-0.39, 0.29) is 23.8 Å². The van der Waals surface area contributed by atoms with E-state index in [0.717, 1.165) is 5.69 Å². The van der Waals surface area contributed by atoms with Crippen LogP contribution in [0.5, 0.6) is 0 Å². The van der Waals surface area contributed by atoms with Crippen LogP contribution in [0.3, 0.4) is 0 Å². The van der Waals surface area contributed by atoms with Gasteiger partial charge in [-0.15, -0.1) is 11.8 Å². The number of nitrogens with one attached hydrogen (secondary N) is 1. The summed E-state index contributed by atoms with van der Waals surface area (Å²) in [5.41, 5.74) is 0.850. The Kier molecular flexibility index (Phi) is 3.99. The molecule has 1 aliphatic rings. The third-order valence-electron chi connectivity index (χ3n) is 2.26. The van der Waals surface area contributed by atoms with Gasteiger partial charge in [0.05, 0.1) is 5.88 Å². The number of benzene rings is 1. The number of halogens is 1. The first-order valence-corrected chi connectivity index (χ1v) is 6.23. The summed E-state index contributed by atoms with van der Waals surface area (Å²) in [5, 5.41) is 4.49. The van der Waals surface area contributed by atoms with Crippen LogP contribution in [-0.2, 0) is 14.3 Å². The molecule has 0 aliphatic carbocycles. The first kappa shape index (κ1) is 12.6. The Balaban J connectivity index is 1.82. The van der Waals surface area contributed by atoms with Crippen molar-refractivity contribution < 1.29 is 18.7 Å². The van der Waals surface area contributed by atoms with Crippen molar-refractivity contribution in [1.29, 1.82) is 0 Å². The Morgan fingerprint density at radius 1 is 1.33 bits per heavy atom. The molecule has 1 aliphatic heterocycles. The second-order valence-electron chi connectivity index (χ2n) is 3.53. The fraction of sp³-hybridized carbons (Fsp3) is 0.167. The smallest absolute Gasteiger partial charge is 0.342 e. The molecule has 0 amide bonds. The number of ether oxygens (including phenoxy) is 1. The summed E-state index contributed by atoms with van der Waals surface area (Å²) in [6.07, 6.45) is 0. The van der Waals surface area contributed by atoms with Gasteiger partial charge in [0.1, 0.15) is 11.4 Å². The van der Waals surface area contributed by atoms with E-state index < -0.39 is 5.97 Å². The topological polar surface area (TPSA) is 55.4 Å². The number of esters is 1. The summed E-state index contributed by atoms with van der Waals surface area (Å²) in [7, 11) is 0. The van der Waals surface area contributed by atoms with Crippen LogP contribution in [0, 0.1) is 5.82 Å². The van der Waals surface area contributed by atoms with Crippen LogP contribution in [0.2, 0.25) is 0 Å². The number of cyclic esters (lactones) is 1. The van der Waals surface area contributed by atoms with Gasteiger partial charge in [0, 0.05) is 5.69 Å². The third kappa shape index (κ3) is 3.10. The maximum atomic E-state index is 12.6. The third-order valence-corrected chi connectivity index (χ3v) is 2.97. The molecule has 1 aromatic carbocycles. The van der Waals surface area contributed by atoms with Crippen molar-refractivity contribution in [3.8, 4) is 0 Å². The van der Waals surface area contributed by atoms with Crippen molar-refractivity contribution in [2.24, 2.45) is 0 Å². The van der Waals surface area contributed by atoms with E-state index in [1.807, 2.05) is 0 Å². The standard InChI is InChI=1S/C12H10FNO3S/c13-8-1-3-9(4-2-8)14-7-18-6-10-11(15)5-17-12(10)16/h1-4,6,14H,5,7H2. The molecule has 0 bridgehead atoms. The fourth-order valence-corrected chi connectivity index (χ4v) is 2.06. The van der Waals surface area contributed by atoms with Crippen LogP contribution in [0.4, 0.5) is 10.1 Å². The lowest BCUT2D eigenvalue weighted by atomic mass is 10.2. The minimum atomic E-state index is -0.575. The number of rotatable bonds is 4. The maximum absolute atomic E-state index is 12.6. The largest absolute Gasteiger partial charge is 0.454 e. The van der Waals surface area contributed by atoms with Gasteiger partial charge < -0.3 is 10.1 Å². The van der Waals surface area contributed by atoms with E-state index in [4.69, 9.17) is 0 Å². The normalized spacial score (nSPS) is 17.1. The van der Waals surface area contributed by atoms with Gasteiger partial charge in [0.15, 0.2) is 6.61 Å². The molecule has 0 atom stereocenters. The van der Waals surface area contributed by atoms with E-state index >= 15 is 0 Å². The van der Waals surface area contributed by atoms with Gasteiger partial charge in [0.25, 0.3) is 0 Å². The van der Waals surface area contributed by atoms with E-state index in [9.17, 15) is 14.0 Å².